The first-order valence-corrected chi connectivity index (χ1v) is 5.62. The third-order valence-corrected chi connectivity index (χ3v) is 2.53. The number of anilines is 2. The van der Waals surface area contributed by atoms with Crippen LogP contribution in [0.2, 0.25) is 0 Å². The molecule has 2 rings (SSSR count). The number of halogens is 1. The Morgan fingerprint density at radius 3 is 2.68 bits per heavy atom. The molecule has 19 heavy (non-hydrogen) atoms. The van der Waals surface area contributed by atoms with E-state index in [2.05, 4.69) is 15.7 Å². The van der Waals surface area contributed by atoms with Crippen LogP contribution in [0.5, 0.6) is 0 Å². The van der Waals surface area contributed by atoms with E-state index >= 15 is 0 Å². The summed E-state index contributed by atoms with van der Waals surface area (Å²) in [7, 11) is 0. The predicted octanol–water partition coefficient (Wildman–Crippen LogP) is 2.07. The van der Waals surface area contributed by atoms with E-state index in [0.717, 1.165) is 5.69 Å². The van der Waals surface area contributed by atoms with Gasteiger partial charge in [0.05, 0.1) is 11.3 Å². The fourth-order valence-electron chi connectivity index (χ4n) is 1.66. The van der Waals surface area contributed by atoms with Crippen LogP contribution in [-0.4, -0.2) is 10.9 Å². The van der Waals surface area contributed by atoms with Crippen molar-refractivity contribution in [1.82, 2.24) is 4.98 Å². The number of benzene rings is 1. The zero-order valence-electron chi connectivity index (χ0n) is 10.3. The number of carbonyl (C=O) groups excluding carboxylic acids is 1. The Labute approximate surface area is 109 Å². The topological polar surface area (TPSA) is 80.0 Å². The molecule has 0 aliphatic heterocycles. The van der Waals surface area contributed by atoms with Crippen molar-refractivity contribution < 1.29 is 9.18 Å². The summed E-state index contributed by atoms with van der Waals surface area (Å²) in [6.07, 6.45) is 0. The van der Waals surface area contributed by atoms with Crippen LogP contribution >= 0.6 is 0 Å². The van der Waals surface area contributed by atoms with Gasteiger partial charge in [-0.05, 0) is 31.2 Å². The number of para-hydroxylation sites is 1. The van der Waals surface area contributed by atoms with Gasteiger partial charge in [-0.25, -0.2) is 9.37 Å². The van der Waals surface area contributed by atoms with E-state index in [0.29, 0.717) is 5.82 Å². The first kappa shape index (κ1) is 13.0. The number of hydrazine groups is 1. The minimum Gasteiger partial charge on any atom is -0.321 e. The molecular weight excluding hydrogens is 247 g/mol. The van der Waals surface area contributed by atoms with Crippen LogP contribution in [-0.2, 0) is 0 Å². The van der Waals surface area contributed by atoms with Gasteiger partial charge in [-0.1, -0.05) is 12.1 Å². The molecule has 1 aromatic heterocycles. The lowest BCUT2D eigenvalue weighted by molar-refractivity contribution is 0.102. The second kappa shape index (κ2) is 5.45. The second-order valence-corrected chi connectivity index (χ2v) is 3.93. The number of nitrogens with two attached hydrogens (primary N) is 1. The molecule has 1 aromatic carbocycles. The number of nitrogens with zero attached hydrogens (tertiary/aromatic N) is 1. The quantitative estimate of drug-likeness (QED) is 0.583. The molecule has 2 aromatic rings. The molecule has 98 valence electrons. The minimum atomic E-state index is -0.590. The number of nitrogens with one attached hydrogen (secondary N) is 2. The summed E-state index contributed by atoms with van der Waals surface area (Å²) in [5.41, 5.74) is 3.03. The highest BCUT2D eigenvalue weighted by atomic mass is 19.1. The summed E-state index contributed by atoms with van der Waals surface area (Å²) >= 11 is 0. The molecule has 1 heterocycles. The second-order valence-electron chi connectivity index (χ2n) is 3.93. The average Bonchev–Trinajstić information content (AvgIpc) is 2.38. The van der Waals surface area contributed by atoms with Gasteiger partial charge in [0.25, 0.3) is 5.91 Å². The molecule has 6 heteroatoms. The standard InChI is InChI=1S/C13H13FN4O/c1-8-4-2-7-11(16-8)17-13(19)9-5-3-6-10(14)12(9)18-15/h2-7,18H,15H2,1H3,(H,16,17,19). The zero-order valence-corrected chi connectivity index (χ0v) is 10.3. The van der Waals surface area contributed by atoms with E-state index in [1.54, 1.807) is 12.1 Å². The van der Waals surface area contributed by atoms with Crippen molar-refractivity contribution in [3.05, 3.63) is 53.5 Å². The molecule has 0 radical (unpaired) electrons. The fraction of sp³-hybridized carbons (Fsp3) is 0.0769. The van der Waals surface area contributed by atoms with Gasteiger partial charge >= 0.3 is 0 Å². The van der Waals surface area contributed by atoms with E-state index in [1.807, 2.05) is 13.0 Å². The van der Waals surface area contributed by atoms with Gasteiger partial charge in [-0.3, -0.25) is 10.6 Å². The Kier molecular flexibility index (Phi) is 3.72. The average molecular weight is 260 g/mol. The third kappa shape index (κ3) is 2.86. The summed E-state index contributed by atoms with van der Waals surface area (Å²) in [6.45, 7) is 1.81. The van der Waals surface area contributed by atoms with Crippen LogP contribution in [0, 0.1) is 12.7 Å². The van der Waals surface area contributed by atoms with E-state index in [9.17, 15) is 9.18 Å². The van der Waals surface area contributed by atoms with Crippen molar-refractivity contribution >= 4 is 17.4 Å². The molecule has 0 saturated heterocycles. The first-order chi connectivity index (χ1) is 9.11. The van der Waals surface area contributed by atoms with Crippen LogP contribution in [0.15, 0.2) is 36.4 Å². The molecule has 0 unspecified atom stereocenters. The molecule has 0 atom stereocenters. The third-order valence-electron chi connectivity index (χ3n) is 2.53. The first-order valence-electron chi connectivity index (χ1n) is 5.62. The van der Waals surface area contributed by atoms with E-state index in [1.165, 1.54) is 18.2 Å². The number of rotatable bonds is 3. The van der Waals surface area contributed by atoms with Gasteiger partial charge in [-0.2, -0.15) is 0 Å². The van der Waals surface area contributed by atoms with Crippen molar-refractivity contribution in [3.63, 3.8) is 0 Å². The number of amides is 1. The Morgan fingerprint density at radius 1 is 1.26 bits per heavy atom. The maximum absolute atomic E-state index is 13.5. The Hall–Kier alpha value is -2.47. The molecule has 1 amide bonds. The summed E-state index contributed by atoms with van der Waals surface area (Å²) in [4.78, 5) is 16.2. The summed E-state index contributed by atoms with van der Waals surface area (Å²) < 4.78 is 13.5. The number of hydrogen-bond acceptors (Lipinski definition) is 4. The predicted molar refractivity (Wildman–Crippen MR) is 71.1 cm³/mol. The molecule has 4 N–H and O–H groups in total. The molecule has 0 fully saturated rings. The number of carbonyl (C=O) groups is 1. The van der Waals surface area contributed by atoms with Gasteiger partial charge in [0.2, 0.25) is 0 Å². The lowest BCUT2D eigenvalue weighted by Gasteiger charge is -2.10. The monoisotopic (exact) mass is 260 g/mol. The lowest BCUT2D eigenvalue weighted by atomic mass is 10.1. The van der Waals surface area contributed by atoms with Crippen LogP contribution < -0.4 is 16.6 Å². The number of aromatic nitrogens is 1. The molecule has 0 aliphatic rings. The van der Waals surface area contributed by atoms with Crippen molar-refractivity contribution in [2.75, 3.05) is 10.7 Å². The smallest absolute Gasteiger partial charge is 0.259 e. The van der Waals surface area contributed by atoms with Gasteiger partial charge in [-0.15, -0.1) is 0 Å². The zero-order chi connectivity index (χ0) is 13.8. The van der Waals surface area contributed by atoms with Crippen molar-refractivity contribution in [2.24, 2.45) is 5.84 Å². The van der Waals surface area contributed by atoms with Crippen LogP contribution in [0.25, 0.3) is 0 Å². The Balaban J connectivity index is 2.28. The molecule has 0 saturated carbocycles. The van der Waals surface area contributed by atoms with Crippen LogP contribution in [0.4, 0.5) is 15.9 Å². The van der Waals surface area contributed by atoms with Gasteiger partial charge in [0, 0.05) is 5.69 Å². The summed E-state index contributed by atoms with van der Waals surface area (Å²) in [5.74, 6) is 4.55. The maximum atomic E-state index is 13.5. The number of aryl methyl sites for hydroxylation is 1. The van der Waals surface area contributed by atoms with Crippen molar-refractivity contribution in [2.45, 2.75) is 6.92 Å². The molecular formula is C13H13FN4O. The largest absolute Gasteiger partial charge is 0.321 e. The van der Waals surface area contributed by atoms with Crippen LogP contribution in [0.3, 0.4) is 0 Å². The van der Waals surface area contributed by atoms with Gasteiger partial charge < -0.3 is 10.7 Å². The highest BCUT2D eigenvalue weighted by Gasteiger charge is 2.14. The van der Waals surface area contributed by atoms with E-state index in [-0.39, 0.29) is 11.3 Å². The molecule has 0 bridgehead atoms. The SMILES string of the molecule is Cc1cccc(NC(=O)c2cccc(F)c2NN)n1. The fourth-order valence-corrected chi connectivity index (χ4v) is 1.66. The van der Waals surface area contributed by atoms with Crippen molar-refractivity contribution in [3.8, 4) is 0 Å². The Bertz CT molecular complexity index is 615. The number of nitrogen functional groups attached to an aromatic ring is 1. The Morgan fingerprint density at radius 2 is 2.00 bits per heavy atom. The molecule has 0 aliphatic carbocycles. The van der Waals surface area contributed by atoms with Crippen molar-refractivity contribution in [1.29, 1.82) is 0 Å². The normalized spacial score (nSPS) is 10.1. The van der Waals surface area contributed by atoms with E-state index in [4.69, 9.17) is 5.84 Å². The summed E-state index contributed by atoms with van der Waals surface area (Å²) in [5, 5.41) is 2.59. The lowest BCUT2D eigenvalue weighted by Crippen LogP contribution is -2.19. The summed E-state index contributed by atoms with van der Waals surface area (Å²) in [6, 6.07) is 9.37. The number of pyridine rings is 1. The number of hydrogen-bond donors (Lipinski definition) is 3. The maximum Gasteiger partial charge on any atom is 0.259 e. The van der Waals surface area contributed by atoms with Gasteiger partial charge in [0.15, 0.2) is 0 Å². The minimum absolute atomic E-state index is 0.0485. The van der Waals surface area contributed by atoms with Crippen LogP contribution in [0.1, 0.15) is 16.1 Å². The highest BCUT2D eigenvalue weighted by Crippen LogP contribution is 2.19. The highest BCUT2D eigenvalue weighted by molar-refractivity contribution is 6.07. The molecule has 5 nitrogen and oxygen atoms in total. The van der Waals surface area contributed by atoms with Gasteiger partial charge in [0.1, 0.15) is 11.6 Å². The van der Waals surface area contributed by atoms with E-state index < -0.39 is 11.7 Å². The molecule has 0 spiro atoms.